The van der Waals surface area contributed by atoms with Gasteiger partial charge in [0.15, 0.2) is 0 Å². The van der Waals surface area contributed by atoms with Gasteiger partial charge in [0.05, 0.1) is 12.7 Å². The highest BCUT2D eigenvalue weighted by Gasteiger charge is 2.27. The molecule has 116 valence electrons. The molecule has 2 heterocycles. The Hall–Kier alpha value is -2.27. The summed E-state index contributed by atoms with van der Waals surface area (Å²) >= 11 is 0. The van der Waals surface area contributed by atoms with Gasteiger partial charge in [-0.25, -0.2) is 0 Å². The maximum atomic E-state index is 11.6. The molecule has 3 rings (SSSR count). The first-order chi connectivity index (χ1) is 10.6. The Labute approximate surface area is 129 Å². The molecule has 1 aromatic carbocycles. The summed E-state index contributed by atoms with van der Waals surface area (Å²) in [6, 6.07) is 8.04. The monoisotopic (exact) mass is 300 g/mol. The zero-order valence-corrected chi connectivity index (χ0v) is 12.9. The number of ether oxygens (including phenoxy) is 1. The fourth-order valence-electron chi connectivity index (χ4n) is 3.03. The van der Waals surface area contributed by atoms with Crippen molar-refractivity contribution in [2.45, 2.75) is 26.4 Å². The summed E-state index contributed by atoms with van der Waals surface area (Å²) in [5.41, 5.74) is 8.19. The number of furan rings is 1. The summed E-state index contributed by atoms with van der Waals surface area (Å²) in [5.74, 6) is 1.97. The molecule has 0 bridgehead atoms. The molecule has 0 atom stereocenters. The first-order valence-electron chi connectivity index (χ1n) is 7.34. The highest BCUT2D eigenvalue weighted by molar-refractivity contribution is 5.95. The van der Waals surface area contributed by atoms with Crippen LogP contribution in [0.5, 0.6) is 5.75 Å². The average Bonchev–Trinajstić information content (AvgIpc) is 2.83. The number of fused-ring (bicyclic) bond motifs is 1. The van der Waals surface area contributed by atoms with Crippen molar-refractivity contribution in [3.05, 3.63) is 52.5 Å². The van der Waals surface area contributed by atoms with Crippen molar-refractivity contribution in [1.29, 1.82) is 0 Å². The van der Waals surface area contributed by atoms with E-state index in [2.05, 4.69) is 17.0 Å². The van der Waals surface area contributed by atoms with Crippen LogP contribution in [-0.4, -0.2) is 24.5 Å². The third-order valence-electron chi connectivity index (χ3n) is 4.12. The number of nitrogens with two attached hydrogens (primary N) is 1. The lowest BCUT2D eigenvalue weighted by Gasteiger charge is -2.26. The number of amides is 1. The van der Waals surface area contributed by atoms with Crippen LogP contribution in [-0.2, 0) is 19.5 Å². The Morgan fingerprint density at radius 1 is 1.36 bits per heavy atom. The molecular formula is C17H20N2O3. The van der Waals surface area contributed by atoms with Gasteiger partial charge < -0.3 is 14.9 Å². The highest BCUT2D eigenvalue weighted by atomic mass is 16.5. The molecule has 0 unspecified atom stereocenters. The number of hydrogen-bond donors (Lipinski definition) is 1. The number of carbonyl (C=O) groups excluding carboxylic acids is 1. The van der Waals surface area contributed by atoms with Crippen LogP contribution in [0.15, 0.2) is 28.7 Å². The van der Waals surface area contributed by atoms with Crippen LogP contribution in [0, 0.1) is 6.92 Å². The van der Waals surface area contributed by atoms with Gasteiger partial charge >= 0.3 is 0 Å². The fourth-order valence-corrected chi connectivity index (χ4v) is 3.03. The second-order valence-corrected chi connectivity index (χ2v) is 5.61. The second-order valence-electron chi connectivity index (χ2n) is 5.61. The van der Waals surface area contributed by atoms with E-state index in [-0.39, 0.29) is 0 Å². The Balaban J connectivity index is 1.77. The van der Waals surface area contributed by atoms with Crippen LogP contribution in [0.3, 0.4) is 0 Å². The number of benzene rings is 1. The molecule has 1 aliphatic heterocycles. The Bertz CT molecular complexity index is 689. The van der Waals surface area contributed by atoms with E-state index in [9.17, 15) is 4.79 Å². The summed E-state index contributed by atoms with van der Waals surface area (Å²) in [4.78, 5) is 13.9. The second kappa shape index (κ2) is 5.85. The Morgan fingerprint density at radius 3 is 2.73 bits per heavy atom. The van der Waals surface area contributed by atoms with E-state index < -0.39 is 5.91 Å². The van der Waals surface area contributed by atoms with Gasteiger partial charge in [0.1, 0.15) is 17.3 Å². The summed E-state index contributed by atoms with van der Waals surface area (Å²) < 4.78 is 10.9. The van der Waals surface area contributed by atoms with Crippen LogP contribution in [0.2, 0.25) is 0 Å². The van der Waals surface area contributed by atoms with E-state index in [1.165, 1.54) is 5.56 Å². The summed E-state index contributed by atoms with van der Waals surface area (Å²) in [6.07, 6.45) is 0.805. The van der Waals surface area contributed by atoms with Gasteiger partial charge in [-0.05, 0) is 24.6 Å². The van der Waals surface area contributed by atoms with Crippen molar-refractivity contribution in [2.24, 2.45) is 5.73 Å². The molecule has 1 amide bonds. The predicted molar refractivity (Wildman–Crippen MR) is 82.8 cm³/mol. The highest BCUT2D eigenvalue weighted by Crippen LogP contribution is 2.28. The maximum Gasteiger partial charge on any atom is 0.252 e. The normalized spacial score (nSPS) is 14.6. The van der Waals surface area contributed by atoms with E-state index in [0.717, 1.165) is 36.6 Å². The van der Waals surface area contributed by atoms with Gasteiger partial charge in [-0.15, -0.1) is 0 Å². The average molecular weight is 300 g/mol. The van der Waals surface area contributed by atoms with E-state index in [1.807, 2.05) is 12.1 Å². The first-order valence-corrected chi connectivity index (χ1v) is 7.34. The molecule has 0 fully saturated rings. The summed E-state index contributed by atoms with van der Waals surface area (Å²) in [7, 11) is 1.66. The number of carbonyl (C=O) groups is 1. The van der Waals surface area contributed by atoms with E-state index in [4.69, 9.17) is 14.9 Å². The van der Waals surface area contributed by atoms with Crippen molar-refractivity contribution in [2.75, 3.05) is 13.7 Å². The molecule has 2 N–H and O–H groups in total. The van der Waals surface area contributed by atoms with Gasteiger partial charge in [0, 0.05) is 31.6 Å². The van der Waals surface area contributed by atoms with Crippen molar-refractivity contribution in [1.82, 2.24) is 4.90 Å². The third kappa shape index (κ3) is 2.72. The largest absolute Gasteiger partial charge is 0.497 e. The fraction of sp³-hybridized carbons (Fsp3) is 0.353. The lowest BCUT2D eigenvalue weighted by Crippen LogP contribution is -2.30. The lowest BCUT2D eigenvalue weighted by molar-refractivity contribution is 0.0997. The Morgan fingerprint density at radius 2 is 2.09 bits per heavy atom. The van der Waals surface area contributed by atoms with Gasteiger partial charge in [0.2, 0.25) is 0 Å². The molecule has 0 saturated heterocycles. The van der Waals surface area contributed by atoms with E-state index in [0.29, 0.717) is 17.9 Å². The molecule has 2 aromatic rings. The smallest absolute Gasteiger partial charge is 0.252 e. The quantitative estimate of drug-likeness (QED) is 0.940. The van der Waals surface area contributed by atoms with Crippen LogP contribution in [0.1, 0.15) is 33.0 Å². The topological polar surface area (TPSA) is 68.7 Å². The minimum Gasteiger partial charge on any atom is -0.497 e. The third-order valence-corrected chi connectivity index (χ3v) is 4.12. The van der Waals surface area contributed by atoms with Gasteiger partial charge in [-0.2, -0.15) is 0 Å². The van der Waals surface area contributed by atoms with Crippen LogP contribution >= 0.6 is 0 Å². The maximum absolute atomic E-state index is 11.6. The number of primary amides is 1. The van der Waals surface area contributed by atoms with E-state index in [1.54, 1.807) is 14.0 Å². The standard InChI is InChI=1S/C17H20N2O3/c1-11-16(17(18)20)14-10-19(8-7-15(14)22-11)9-12-3-5-13(21-2)6-4-12/h3-6H,7-10H2,1-2H3,(H2,18,20). The minimum atomic E-state index is -0.409. The number of aryl methyl sites for hydroxylation is 1. The van der Waals surface area contributed by atoms with Crippen LogP contribution < -0.4 is 10.5 Å². The molecule has 0 radical (unpaired) electrons. The number of methoxy groups -OCH3 is 1. The van der Waals surface area contributed by atoms with Crippen LogP contribution in [0.25, 0.3) is 0 Å². The van der Waals surface area contributed by atoms with Crippen molar-refractivity contribution >= 4 is 5.91 Å². The van der Waals surface area contributed by atoms with Crippen LogP contribution in [0.4, 0.5) is 0 Å². The molecule has 0 aliphatic carbocycles. The zero-order valence-electron chi connectivity index (χ0n) is 12.9. The molecule has 1 aromatic heterocycles. The van der Waals surface area contributed by atoms with Gasteiger partial charge in [-0.3, -0.25) is 9.69 Å². The molecule has 0 spiro atoms. The predicted octanol–water partition coefficient (Wildman–Crippen LogP) is 2.25. The summed E-state index contributed by atoms with van der Waals surface area (Å²) in [5, 5.41) is 0. The van der Waals surface area contributed by atoms with Crippen molar-refractivity contribution in [3.8, 4) is 5.75 Å². The SMILES string of the molecule is COc1ccc(CN2CCc3oc(C)c(C(N)=O)c3C2)cc1. The molecule has 0 saturated carbocycles. The van der Waals surface area contributed by atoms with Gasteiger partial charge in [0.25, 0.3) is 5.91 Å². The van der Waals surface area contributed by atoms with E-state index >= 15 is 0 Å². The lowest BCUT2D eigenvalue weighted by atomic mass is 10.0. The molecule has 5 heteroatoms. The molecular weight excluding hydrogens is 280 g/mol. The minimum absolute atomic E-state index is 0.409. The Kier molecular flexibility index (Phi) is 3.90. The zero-order chi connectivity index (χ0) is 15.7. The number of nitrogens with zero attached hydrogens (tertiary/aromatic N) is 1. The number of hydrogen-bond acceptors (Lipinski definition) is 4. The molecule has 22 heavy (non-hydrogen) atoms. The van der Waals surface area contributed by atoms with Gasteiger partial charge in [-0.1, -0.05) is 12.1 Å². The molecule has 5 nitrogen and oxygen atoms in total. The number of rotatable bonds is 4. The van der Waals surface area contributed by atoms with Crippen molar-refractivity contribution < 1.29 is 13.9 Å². The first kappa shape index (κ1) is 14.7. The molecule has 1 aliphatic rings. The van der Waals surface area contributed by atoms with Crippen molar-refractivity contribution in [3.63, 3.8) is 0 Å². The summed E-state index contributed by atoms with van der Waals surface area (Å²) in [6.45, 7) is 4.22.